The van der Waals surface area contributed by atoms with E-state index in [2.05, 4.69) is 55.7 Å². The van der Waals surface area contributed by atoms with Gasteiger partial charge in [-0.15, -0.1) is 0 Å². The van der Waals surface area contributed by atoms with Crippen molar-refractivity contribution in [3.63, 3.8) is 0 Å². The van der Waals surface area contributed by atoms with Crippen LogP contribution in [-0.4, -0.2) is 40.1 Å². The second-order valence-electron chi connectivity index (χ2n) is 9.01. The number of aryl methyl sites for hydroxylation is 3. The van der Waals surface area contributed by atoms with Crippen LogP contribution in [0.5, 0.6) is 5.75 Å². The number of fused-ring (bicyclic) bond motifs is 1. The Balaban J connectivity index is 1.40. The van der Waals surface area contributed by atoms with Gasteiger partial charge in [0.1, 0.15) is 11.6 Å². The zero-order chi connectivity index (χ0) is 22.5. The molecule has 0 N–H and O–H groups in total. The fraction of sp³-hybridized carbons (Fsp3) is 0.481. The van der Waals surface area contributed by atoms with E-state index in [1.54, 1.807) is 0 Å². The third-order valence-electron chi connectivity index (χ3n) is 6.57. The summed E-state index contributed by atoms with van der Waals surface area (Å²) in [5, 5.41) is 0. The molecule has 0 aliphatic carbocycles. The Bertz CT molecular complexity index is 1070. The number of imidazole rings is 1. The number of carbonyl (C=O) groups is 1. The van der Waals surface area contributed by atoms with Gasteiger partial charge in [0.05, 0.1) is 17.6 Å². The first-order valence-electron chi connectivity index (χ1n) is 12.0. The van der Waals surface area contributed by atoms with Gasteiger partial charge in [-0.25, -0.2) is 4.98 Å². The van der Waals surface area contributed by atoms with E-state index in [9.17, 15) is 4.79 Å². The van der Waals surface area contributed by atoms with Crippen LogP contribution in [-0.2, 0) is 11.3 Å². The van der Waals surface area contributed by atoms with Crippen LogP contribution in [0.25, 0.3) is 11.0 Å². The first-order chi connectivity index (χ1) is 15.6. The summed E-state index contributed by atoms with van der Waals surface area (Å²) in [6.45, 7) is 9.65. The number of rotatable bonds is 10. The highest BCUT2D eigenvalue weighted by Crippen LogP contribution is 2.31. The summed E-state index contributed by atoms with van der Waals surface area (Å²) < 4.78 is 8.31. The summed E-state index contributed by atoms with van der Waals surface area (Å²) in [5.41, 5.74) is 4.73. The third kappa shape index (κ3) is 4.98. The van der Waals surface area contributed by atoms with Gasteiger partial charge in [-0.3, -0.25) is 4.79 Å². The SMILES string of the molecule is CCCCN1C[C@@H](c2nc3ccccc3n2CCCCOc2ccc(C)c(C)c2)CC1=O. The van der Waals surface area contributed by atoms with Crippen LogP contribution in [0.4, 0.5) is 0 Å². The Labute approximate surface area is 191 Å². The van der Waals surface area contributed by atoms with Gasteiger partial charge < -0.3 is 14.2 Å². The molecule has 1 amide bonds. The first kappa shape index (κ1) is 22.4. The van der Waals surface area contributed by atoms with Crippen LogP contribution < -0.4 is 4.74 Å². The maximum absolute atomic E-state index is 12.5. The number of ether oxygens (including phenoxy) is 1. The number of amides is 1. The number of nitrogens with zero attached hydrogens (tertiary/aromatic N) is 3. The molecular weight excluding hydrogens is 398 g/mol. The van der Waals surface area contributed by atoms with Crippen molar-refractivity contribution in [3.05, 3.63) is 59.4 Å². The van der Waals surface area contributed by atoms with Gasteiger partial charge in [-0.2, -0.15) is 0 Å². The van der Waals surface area contributed by atoms with Crippen molar-refractivity contribution in [1.29, 1.82) is 0 Å². The van der Waals surface area contributed by atoms with Gasteiger partial charge in [0.2, 0.25) is 5.91 Å². The molecule has 5 nitrogen and oxygen atoms in total. The molecule has 0 unspecified atom stereocenters. The van der Waals surface area contributed by atoms with E-state index >= 15 is 0 Å². The zero-order valence-electron chi connectivity index (χ0n) is 19.6. The van der Waals surface area contributed by atoms with Gasteiger partial charge in [0, 0.05) is 32.0 Å². The lowest BCUT2D eigenvalue weighted by Gasteiger charge is -2.17. The van der Waals surface area contributed by atoms with Crippen molar-refractivity contribution in [3.8, 4) is 5.75 Å². The highest BCUT2D eigenvalue weighted by Gasteiger charge is 2.33. The predicted octanol–water partition coefficient (Wildman–Crippen LogP) is 5.63. The van der Waals surface area contributed by atoms with Crippen LogP contribution >= 0.6 is 0 Å². The Morgan fingerprint density at radius 2 is 1.88 bits per heavy atom. The van der Waals surface area contributed by atoms with Crippen molar-refractivity contribution in [1.82, 2.24) is 14.5 Å². The van der Waals surface area contributed by atoms with Gasteiger partial charge in [-0.1, -0.05) is 31.5 Å². The third-order valence-corrected chi connectivity index (χ3v) is 6.57. The van der Waals surface area contributed by atoms with Crippen molar-refractivity contribution in [2.75, 3.05) is 19.7 Å². The summed E-state index contributed by atoms with van der Waals surface area (Å²) >= 11 is 0. The highest BCUT2D eigenvalue weighted by atomic mass is 16.5. The van der Waals surface area contributed by atoms with E-state index in [1.165, 1.54) is 11.1 Å². The van der Waals surface area contributed by atoms with Crippen LogP contribution in [0.15, 0.2) is 42.5 Å². The molecule has 2 heterocycles. The number of unbranched alkanes of at least 4 members (excludes halogenated alkanes) is 2. The van der Waals surface area contributed by atoms with E-state index < -0.39 is 0 Å². The molecule has 0 radical (unpaired) electrons. The standard InChI is InChI=1S/C27H35N3O2/c1-4-5-14-29-19-22(18-26(29)31)27-28-24-10-6-7-11-25(24)30(27)15-8-9-16-32-23-13-12-20(2)21(3)17-23/h6-7,10-13,17,22H,4-5,8-9,14-16,18-19H2,1-3H3/t22-/m0/s1. The lowest BCUT2D eigenvalue weighted by molar-refractivity contribution is -0.127. The van der Waals surface area contributed by atoms with Gasteiger partial charge >= 0.3 is 0 Å². The summed E-state index contributed by atoms with van der Waals surface area (Å²) in [5.74, 6) is 2.45. The van der Waals surface area contributed by atoms with Gasteiger partial charge in [0.15, 0.2) is 0 Å². The summed E-state index contributed by atoms with van der Waals surface area (Å²) in [6.07, 6.45) is 4.74. The van der Waals surface area contributed by atoms with Gasteiger partial charge in [-0.05, 0) is 68.5 Å². The molecule has 4 rings (SSSR count). The Morgan fingerprint density at radius 1 is 1.03 bits per heavy atom. The van der Waals surface area contributed by atoms with Crippen molar-refractivity contribution >= 4 is 16.9 Å². The number of benzene rings is 2. The lowest BCUT2D eigenvalue weighted by Crippen LogP contribution is -2.26. The Kier molecular flexibility index (Phi) is 7.13. The number of likely N-dealkylation sites (tertiary alicyclic amines) is 1. The number of hydrogen-bond donors (Lipinski definition) is 0. The predicted molar refractivity (Wildman–Crippen MR) is 129 cm³/mol. The maximum atomic E-state index is 12.5. The zero-order valence-corrected chi connectivity index (χ0v) is 19.6. The number of carbonyl (C=O) groups excluding carboxylic acids is 1. The molecule has 170 valence electrons. The first-order valence-corrected chi connectivity index (χ1v) is 12.0. The van der Waals surface area contributed by atoms with Crippen molar-refractivity contribution in [2.24, 2.45) is 0 Å². The Hall–Kier alpha value is -2.82. The molecule has 0 saturated carbocycles. The molecule has 0 bridgehead atoms. The van der Waals surface area contributed by atoms with Crippen molar-refractivity contribution < 1.29 is 9.53 Å². The number of aromatic nitrogens is 2. The average Bonchev–Trinajstić information content (AvgIpc) is 3.34. The summed E-state index contributed by atoms with van der Waals surface area (Å²) in [4.78, 5) is 19.5. The largest absolute Gasteiger partial charge is 0.494 e. The van der Waals surface area contributed by atoms with Crippen LogP contribution in [0, 0.1) is 13.8 Å². The highest BCUT2D eigenvalue weighted by molar-refractivity contribution is 5.80. The van der Waals surface area contributed by atoms with Gasteiger partial charge in [0.25, 0.3) is 0 Å². The minimum absolute atomic E-state index is 0.179. The second-order valence-corrected chi connectivity index (χ2v) is 9.01. The van der Waals surface area contributed by atoms with E-state index in [0.29, 0.717) is 13.0 Å². The average molecular weight is 434 g/mol. The molecule has 1 aliphatic heterocycles. The molecular formula is C27H35N3O2. The Morgan fingerprint density at radius 3 is 2.69 bits per heavy atom. The number of para-hydroxylation sites is 2. The fourth-order valence-electron chi connectivity index (χ4n) is 4.52. The molecule has 3 aromatic rings. The van der Waals surface area contributed by atoms with Crippen LogP contribution in [0.1, 0.15) is 61.9 Å². The molecule has 5 heteroatoms. The molecule has 1 aliphatic rings. The maximum Gasteiger partial charge on any atom is 0.223 e. The van der Waals surface area contributed by atoms with E-state index in [-0.39, 0.29) is 11.8 Å². The topological polar surface area (TPSA) is 47.4 Å². The van der Waals surface area contributed by atoms with E-state index in [1.807, 2.05) is 17.0 Å². The monoisotopic (exact) mass is 433 g/mol. The molecule has 1 fully saturated rings. The van der Waals surface area contributed by atoms with Crippen molar-refractivity contribution in [2.45, 2.75) is 65.3 Å². The lowest BCUT2D eigenvalue weighted by atomic mass is 10.1. The van der Waals surface area contributed by atoms with E-state index in [4.69, 9.17) is 9.72 Å². The second kappa shape index (κ2) is 10.2. The molecule has 0 spiro atoms. The fourth-order valence-corrected chi connectivity index (χ4v) is 4.52. The minimum atomic E-state index is 0.179. The summed E-state index contributed by atoms with van der Waals surface area (Å²) in [6, 6.07) is 14.6. The molecule has 1 atom stereocenters. The molecule has 1 aromatic heterocycles. The molecule has 32 heavy (non-hydrogen) atoms. The van der Waals surface area contributed by atoms with E-state index in [0.717, 1.165) is 67.9 Å². The van der Waals surface area contributed by atoms with Crippen LogP contribution in [0.3, 0.4) is 0 Å². The normalized spacial score (nSPS) is 16.3. The quantitative estimate of drug-likeness (QED) is 0.389. The molecule has 1 saturated heterocycles. The smallest absolute Gasteiger partial charge is 0.223 e. The van der Waals surface area contributed by atoms with Crippen LogP contribution in [0.2, 0.25) is 0 Å². The molecule has 2 aromatic carbocycles. The summed E-state index contributed by atoms with van der Waals surface area (Å²) in [7, 11) is 0. The number of hydrogen-bond acceptors (Lipinski definition) is 3. The minimum Gasteiger partial charge on any atom is -0.494 e.